The van der Waals surface area contributed by atoms with E-state index in [9.17, 15) is 22.4 Å². The lowest BCUT2D eigenvalue weighted by molar-refractivity contribution is -0.192. The first kappa shape index (κ1) is 22.7. The highest BCUT2D eigenvalue weighted by molar-refractivity contribution is 5.96. The minimum Gasteiger partial charge on any atom is -0.475 e. The van der Waals surface area contributed by atoms with Crippen LogP contribution in [0.5, 0.6) is 0 Å². The Balaban J connectivity index is 0.000000339. The summed E-state index contributed by atoms with van der Waals surface area (Å²) in [5, 5.41) is 7.12. The van der Waals surface area contributed by atoms with Crippen LogP contribution in [0.25, 0.3) is 0 Å². The second-order valence-corrected chi connectivity index (χ2v) is 7.76. The molecule has 0 radical (unpaired) electrons. The topological polar surface area (TPSA) is 73.7 Å². The van der Waals surface area contributed by atoms with Gasteiger partial charge in [0.25, 0.3) is 0 Å². The number of carboxylic acids is 1. The van der Waals surface area contributed by atoms with Crippen molar-refractivity contribution in [2.45, 2.75) is 25.6 Å². The van der Waals surface area contributed by atoms with Crippen LogP contribution in [-0.4, -0.2) is 52.7 Å². The molecule has 2 fully saturated rings. The molecule has 6 nitrogen and oxygen atoms in total. The minimum absolute atomic E-state index is 0.00832. The van der Waals surface area contributed by atoms with Gasteiger partial charge in [-0.3, -0.25) is 14.7 Å². The molecule has 166 valence electrons. The van der Waals surface area contributed by atoms with Crippen LogP contribution < -0.4 is 4.90 Å². The number of carbonyl (C=O) groups is 2. The average Bonchev–Trinajstić information content (AvgIpc) is 3.24. The van der Waals surface area contributed by atoms with Crippen LogP contribution in [0.15, 0.2) is 48.8 Å². The van der Waals surface area contributed by atoms with Crippen molar-refractivity contribution in [3.63, 3.8) is 0 Å². The van der Waals surface area contributed by atoms with Gasteiger partial charge in [0, 0.05) is 49.6 Å². The predicted molar refractivity (Wildman–Crippen MR) is 104 cm³/mol. The zero-order valence-electron chi connectivity index (χ0n) is 16.5. The Hall–Kier alpha value is -3.01. The number of amides is 1. The van der Waals surface area contributed by atoms with Crippen molar-refractivity contribution < 1.29 is 32.3 Å². The predicted octanol–water partition coefficient (Wildman–Crippen LogP) is 3.48. The van der Waals surface area contributed by atoms with E-state index in [1.165, 1.54) is 17.7 Å². The van der Waals surface area contributed by atoms with E-state index in [4.69, 9.17) is 9.90 Å². The van der Waals surface area contributed by atoms with Crippen LogP contribution in [0.3, 0.4) is 0 Å². The van der Waals surface area contributed by atoms with E-state index in [0.29, 0.717) is 18.7 Å². The zero-order valence-corrected chi connectivity index (χ0v) is 16.5. The summed E-state index contributed by atoms with van der Waals surface area (Å²) in [6.45, 7) is 3.43. The third kappa shape index (κ3) is 5.78. The molecule has 2 aromatic rings. The summed E-state index contributed by atoms with van der Waals surface area (Å²) >= 11 is 0. The Labute approximate surface area is 176 Å². The maximum Gasteiger partial charge on any atom is 0.490 e. The lowest BCUT2D eigenvalue weighted by Crippen LogP contribution is -2.31. The van der Waals surface area contributed by atoms with Crippen molar-refractivity contribution in [2.24, 2.45) is 5.41 Å². The standard InChI is InChI=1S/C19H20FN3O.C2HF3O2/c20-16-4-1-5-17(9-16)23-14-19(10-18(23)24)6-8-22(13-19)12-15-3-2-7-21-11-15;3-2(4,5)1(6)7/h1-5,7,9,11H,6,8,10,12-14H2;(H,6,7). The molecule has 1 amide bonds. The first-order valence-corrected chi connectivity index (χ1v) is 9.55. The highest BCUT2D eigenvalue weighted by Gasteiger charge is 2.47. The van der Waals surface area contributed by atoms with Crippen molar-refractivity contribution in [2.75, 3.05) is 24.5 Å². The molecule has 2 saturated heterocycles. The molecular formula is C21H21F4N3O3. The smallest absolute Gasteiger partial charge is 0.475 e. The number of hydrogen-bond donors (Lipinski definition) is 1. The normalized spacial score (nSPS) is 21.3. The number of aromatic nitrogens is 1. The van der Waals surface area contributed by atoms with E-state index in [2.05, 4.69) is 16.0 Å². The molecule has 1 N–H and O–H groups in total. The molecule has 0 bridgehead atoms. The number of halogens is 4. The Morgan fingerprint density at radius 1 is 1.19 bits per heavy atom. The Morgan fingerprint density at radius 3 is 2.55 bits per heavy atom. The van der Waals surface area contributed by atoms with Gasteiger partial charge in [0.05, 0.1) is 0 Å². The van der Waals surface area contributed by atoms with Gasteiger partial charge in [-0.2, -0.15) is 13.2 Å². The lowest BCUT2D eigenvalue weighted by atomic mass is 9.86. The van der Waals surface area contributed by atoms with Gasteiger partial charge in [-0.1, -0.05) is 12.1 Å². The molecule has 1 aromatic heterocycles. The molecule has 31 heavy (non-hydrogen) atoms. The van der Waals surface area contributed by atoms with Crippen LogP contribution in [0.1, 0.15) is 18.4 Å². The van der Waals surface area contributed by atoms with Gasteiger partial charge in [-0.25, -0.2) is 9.18 Å². The summed E-state index contributed by atoms with van der Waals surface area (Å²) < 4.78 is 45.2. The van der Waals surface area contributed by atoms with Gasteiger partial charge in [0.15, 0.2) is 0 Å². The van der Waals surface area contributed by atoms with Crippen LogP contribution in [-0.2, 0) is 16.1 Å². The molecule has 1 unspecified atom stereocenters. The van der Waals surface area contributed by atoms with Gasteiger partial charge in [-0.05, 0) is 42.8 Å². The highest BCUT2D eigenvalue weighted by atomic mass is 19.4. The fourth-order valence-electron chi connectivity index (χ4n) is 3.96. The number of likely N-dealkylation sites (tertiary alicyclic amines) is 1. The first-order chi connectivity index (χ1) is 14.6. The number of benzene rings is 1. The summed E-state index contributed by atoms with van der Waals surface area (Å²) in [5.41, 5.74) is 1.86. The van der Waals surface area contributed by atoms with Gasteiger partial charge in [0.2, 0.25) is 5.91 Å². The Kier molecular flexibility index (Phi) is 6.59. The lowest BCUT2D eigenvalue weighted by Gasteiger charge is -2.24. The van der Waals surface area contributed by atoms with Crippen molar-refractivity contribution in [3.8, 4) is 0 Å². The van der Waals surface area contributed by atoms with Gasteiger partial charge < -0.3 is 10.0 Å². The molecule has 2 aliphatic rings. The summed E-state index contributed by atoms with van der Waals surface area (Å²) in [6, 6.07) is 10.3. The SMILES string of the molecule is O=C(O)C(F)(F)F.O=C1CC2(CCN(Cc3cccnc3)C2)CN1c1cccc(F)c1. The molecule has 0 saturated carbocycles. The molecule has 0 aliphatic carbocycles. The van der Waals surface area contributed by atoms with Crippen LogP contribution >= 0.6 is 0 Å². The molecule has 2 aliphatic heterocycles. The van der Waals surface area contributed by atoms with E-state index >= 15 is 0 Å². The van der Waals surface area contributed by atoms with E-state index in [1.807, 2.05) is 18.3 Å². The molecule has 1 spiro atoms. The maximum absolute atomic E-state index is 13.5. The zero-order chi connectivity index (χ0) is 22.6. The molecular weight excluding hydrogens is 418 g/mol. The summed E-state index contributed by atoms with van der Waals surface area (Å²) in [6.07, 6.45) is 0.142. The van der Waals surface area contributed by atoms with Gasteiger partial charge in [0.1, 0.15) is 5.82 Å². The largest absolute Gasteiger partial charge is 0.490 e. The number of nitrogens with zero attached hydrogens (tertiary/aromatic N) is 3. The van der Waals surface area contributed by atoms with E-state index < -0.39 is 12.1 Å². The second-order valence-electron chi connectivity index (χ2n) is 7.76. The third-order valence-corrected chi connectivity index (χ3v) is 5.33. The fourth-order valence-corrected chi connectivity index (χ4v) is 3.96. The molecule has 10 heteroatoms. The number of rotatable bonds is 3. The van der Waals surface area contributed by atoms with E-state index in [-0.39, 0.29) is 17.1 Å². The van der Waals surface area contributed by atoms with Gasteiger partial charge >= 0.3 is 12.1 Å². The Morgan fingerprint density at radius 2 is 1.94 bits per heavy atom. The summed E-state index contributed by atoms with van der Waals surface area (Å²) in [7, 11) is 0. The quantitative estimate of drug-likeness (QED) is 0.742. The van der Waals surface area contributed by atoms with Crippen molar-refractivity contribution in [1.82, 2.24) is 9.88 Å². The van der Waals surface area contributed by atoms with E-state index in [0.717, 1.165) is 26.1 Å². The molecule has 4 rings (SSSR count). The first-order valence-electron chi connectivity index (χ1n) is 9.55. The van der Waals surface area contributed by atoms with Crippen LogP contribution in [0.4, 0.5) is 23.2 Å². The van der Waals surface area contributed by atoms with Gasteiger partial charge in [-0.15, -0.1) is 0 Å². The number of anilines is 1. The van der Waals surface area contributed by atoms with Crippen molar-refractivity contribution >= 4 is 17.6 Å². The second kappa shape index (κ2) is 9.01. The maximum atomic E-state index is 13.5. The number of aliphatic carboxylic acids is 1. The molecule has 1 atom stereocenters. The molecule has 1 aromatic carbocycles. The fraction of sp³-hybridized carbons (Fsp3) is 0.381. The van der Waals surface area contributed by atoms with Crippen LogP contribution in [0.2, 0.25) is 0 Å². The Bertz CT molecular complexity index is 939. The third-order valence-electron chi connectivity index (χ3n) is 5.33. The number of carbonyl (C=O) groups excluding carboxylic acids is 1. The number of carboxylic acid groups (broad SMARTS) is 1. The number of hydrogen-bond acceptors (Lipinski definition) is 4. The van der Waals surface area contributed by atoms with Crippen molar-refractivity contribution in [1.29, 1.82) is 0 Å². The highest BCUT2D eigenvalue weighted by Crippen LogP contribution is 2.42. The number of pyridine rings is 1. The average molecular weight is 439 g/mol. The van der Waals surface area contributed by atoms with Crippen LogP contribution in [0, 0.1) is 11.2 Å². The van der Waals surface area contributed by atoms with Crippen molar-refractivity contribution in [3.05, 3.63) is 60.2 Å². The summed E-state index contributed by atoms with van der Waals surface area (Å²) in [4.78, 5) is 29.7. The minimum atomic E-state index is -5.08. The molecule has 3 heterocycles. The summed E-state index contributed by atoms with van der Waals surface area (Å²) in [5.74, 6) is -2.96. The number of alkyl halides is 3. The van der Waals surface area contributed by atoms with E-state index in [1.54, 1.807) is 17.2 Å². The monoisotopic (exact) mass is 439 g/mol.